The van der Waals surface area contributed by atoms with Gasteiger partial charge >= 0.3 is 0 Å². The van der Waals surface area contributed by atoms with Gasteiger partial charge in [-0.1, -0.05) is 15.9 Å². The zero-order valence-corrected chi connectivity index (χ0v) is 20.2. The van der Waals surface area contributed by atoms with Crippen molar-refractivity contribution in [1.82, 2.24) is 15.3 Å². The lowest BCUT2D eigenvalue weighted by molar-refractivity contribution is 0.387. The number of thiocarbonyl (C=S) groups is 1. The second-order valence-electron chi connectivity index (χ2n) is 7.17. The van der Waals surface area contributed by atoms with E-state index in [1.54, 1.807) is 12.3 Å². The number of aromatic nitrogens is 2. The first kappa shape index (κ1) is 22.2. The van der Waals surface area contributed by atoms with Gasteiger partial charge in [-0.2, -0.15) is 4.98 Å². The van der Waals surface area contributed by atoms with E-state index in [0.29, 0.717) is 31.7 Å². The second kappa shape index (κ2) is 9.99. The molecule has 1 aliphatic carbocycles. The lowest BCUT2D eigenvalue weighted by atomic mass is 9.91. The molecule has 29 heavy (non-hydrogen) atoms. The Labute approximate surface area is 192 Å². The van der Waals surface area contributed by atoms with Gasteiger partial charge in [-0.15, -0.1) is 0 Å². The Hall–Kier alpha value is -1.52. The number of nitrogens with zero attached hydrogens (tertiary/aromatic N) is 3. The summed E-state index contributed by atoms with van der Waals surface area (Å²) >= 11 is 12.0. The Morgan fingerprint density at radius 3 is 2.52 bits per heavy atom. The summed E-state index contributed by atoms with van der Waals surface area (Å²) in [6.07, 6.45) is 5.63. The fourth-order valence-electron chi connectivity index (χ4n) is 3.23. The first-order chi connectivity index (χ1) is 13.8. The summed E-state index contributed by atoms with van der Waals surface area (Å²) in [5.74, 6) is 1.16. The van der Waals surface area contributed by atoms with Crippen molar-refractivity contribution in [1.29, 1.82) is 0 Å². The average Bonchev–Trinajstić information content (AvgIpc) is 2.66. The van der Waals surface area contributed by atoms with Crippen LogP contribution in [0.4, 0.5) is 21.8 Å². The average molecular weight is 546 g/mol. The monoisotopic (exact) mass is 544 g/mol. The Balaban J connectivity index is 1.48. The standard InChI is InChI=1S/C19H23Br2FN6S/c1-28(2)16-7-8-23-18(26-16)24-12-3-5-13(6-4-12)25-19(29)27-17-14(21)9-11(20)10-15(17)22/h7-10,12-13H,3-6H2,1-2H3,(H,23,24,26)(H2,25,27,29)/t12-,13+. The van der Waals surface area contributed by atoms with E-state index in [1.807, 2.05) is 25.1 Å². The van der Waals surface area contributed by atoms with Crippen LogP contribution in [0.1, 0.15) is 25.7 Å². The summed E-state index contributed by atoms with van der Waals surface area (Å²) in [6, 6.07) is 5.63. The van der Waals surface area contributed by atoms with Crippen LogP contribution < -0.4 is 20.9 Å². The van der Waals surface area contributed by atoms with E-state index in [9.17, 15) is 4.39 Å². The summed E-state index contributed by atoms with van der Waals surface area (Å²) in [5, 5.41) is 10.1. The maximum atomic E-state index is 14.2. The summed E-state index contributed by atoms with van der Waals surface area (Å²) in [7, 11) is 3.91. The number of benzene rings is 1. The number of nitrogens with one attached hydrogen (secondary N) is 3. The molecule has 1 aromatic heterocycles. The maximum absolute atomic E-state index is 14.2. The zero-order valence-electron chi connectivity index (χ0n) is 16.2. The van der Waals surface area contributed by atoms with Gasteiger partial charge in [0.05, 0.1) is 5.69 Å². The third kappa shape index (κ3) is 6.23. The van der Waals surface area contributed by atoms with Gasteiger partial charge in [-0.25, -0.2) is 9.37 Å². The van der Waals surface area contributed by atoms with Crippen LogP contribution in [-0.2, 0) is 0 Å². The number of rotatable bonds is 5. The Morgan fingerprint density at radius 2 is 1.86 bits per heavy atom. The molecule has 1 aliphatic rings. The normalized spacial score (nSPS) is 18.8. The van der Waals surface area contributed by atoms with Gasteiger partial charge in [-0.3, -0.25) is 0 Å². The molecule has 0 radical (unpaired) electrons. The van der Waals surface area contributed by atoms with Crippen LogP contribution in [0.5, 0.6) is 0 Å². The van der Waals surface area contributed by atoms with Gasteiger partial charge in [0.2, 0.25) is 5.95 Å². The lowest BCUT2D eigenvalue weighted by Gasteiger charge is -2.30. The van der Waals surface area contributed by atoms with Crippen LogP contribution in [0.3, 0.4) is 0 Å². The van der Waals surface area contributed by atoms with E-state index < -0.39 is 0 Å². The fraction of sp³-hybridized carbons (Fsp3) is 0.421. The minimum absolute atomic E-state index is 0.249. The minimum atomic E-state index is -0.372. The quantitative estimate of drug-likeness (QED) is 0.461. The van der Waals surface area contributed by atoms with E-state index >= 15 is 0 Å². The molecule has 0 unspecified atom stereocenters. The largest absolute Gasteiger partial charge is 0.363 e. The fourth-order valence-corrected chi connectivity index (χ4v) is 4.77. The topological polar surface area (TPSA) is 65.1 Å². The molecule has 0 atom stereocenters. The molecule has 1 fully saturated rings. The Kier molecular flexibility index (Phi) is 7.64. The van der Waals surface area contributed by atoms with Gasteiger partial charge < -0.3 is 20.9 Å². The van der Waals surface area contributed by atoms with Crippen LogP contribution in [0.15, 0.2) is 33.3 Å². The summed E-state index contributed by atoms with van der Waals surface area (Å²) in [6.45, 7) is 0. The molecule has 10 heteroatoms. The molecule has 1 heterocycles. The number of anilines is 3. The third-order valence-electron chi connectivity index (χ3n) is 4.74. The molecule has 1 saturated carbocycles. The van der Waals surface area contributed by atoms with E-state index in [1.165, 1.54) is 6.07 Å². The summed E-state index contributed by atoms with van der Waals surface area (Å²) < 4.78 is 15.4. The zero-order chi connectivity index (χ0) is 21.0. The molecule has 0 bridgehead atoms. The number of hydrogen-bond acceptors (Lipinski definition) is 5. The van der Waals surface area contributed by atoms with Crippen molar-refractivity contribution in [3.05, 3.63) is 39.2 Å². The molecule has 156 valence electrons. The molecule has 1 aromatic carbocycles. The number of halogens is 3. The van der Waals surface area contributed by atoms with Crippen LogP contribution in [0.2, 0.25) is 0 Å². The molecule has 0 spiro atoms. The van der Waals surface area contributed by atoms with Crippen LogP contribution in [0.25, 0.3) is 0 Å². The van der Waals surface area contributed by atoms with Crippen molar-refractivity contribution < 1.29 is 4.39 Å². The second-order valence-corrected chi connectivity index (χ2v) is 9.35. The van der Waals surface area contributed by atoms with Crippen LogP contribution in [0, 0.1) is 5.82 Å². The van der Waals surface area contributed by atoms with Gasteiger partial charge in [0.25, 0.3) is 0 Å². The van der Waals surface area contributed by atoms with E-state index in [0.717, 1.165) is 31.5 Å². The van der Waals surface area contributed by atoms with Gasteiger partial charge in [0.15, 0.2) is 5.11 Å². The van der Waals surface area contributed by atoms with Crippen molar-refractivity contribution in [2.75, 3.05) is 29.6 Å². The van der Waals surface area contributed by atoms with E-state index in [2.05, 4.69) is 57.8 Å². The molecule has 0 amide bonds. The Bertz CT molecular complexity index is 851. The first-order valence-corrected chi connectivity index (χ1v) is 11.3. The minimum Gasteiger partial charge on any atom is -0.363 e. The molecule has 0 aliphatic heterocycles. The van der Waals surface area contributed by atoms with Crippen LogP contribution in [-0.4, -0.2) is 41.3 Å². The molecule has 3 N–H and O–H groups in total. The highest BCUT2D eigenvalue weighted by Crippen LogP contribution is 2.30. The van der Waals surface area contributed by atoms with Crippen molar-refractivity contribution in [3.63, 3.8) is 0 Å². The van der Waals surface area contributed by atoms with E-state index in [4.69, 9.17) is 12.2 Å². The highest BCUT2D eigenvalue weighted by Gasteiger charge is 2.22. The predicted molar refractivity (Wildman–Crippen MR) is 127 cm³/mol. The molecule has 2 aromatic rings. The van der Waals surface area contributed by atoms with Crippen molar-refractivity contribution in [2.45, 2.75) is 37.8 Å². The highest BCUT2D eigenvalue weighted by molar-refractivity contribution is 9.11. The SMILES string of the molecule is CN(C)c1ccnc(N[C@H]2CC[C@@H](NC(=S)Nc3c(F)cc(Br)cc3Br)CC2)n1. The molecule has 0 saturated heterocycles. The van der Waals surface area contributed by atoms with Gasteiger partial charge in [-0.05, 0) is 72.0 Å². The molecular weight excluding hydrogens is 523 g/mol. The third-order valence-corrected chi connectivity index (χ3v) is 6.04. The predicted octanol–water partition coefficient (Wildman–Crippen LogP) is 4.92. The summed E-state index contributed by atoms with van der Waals surface area (Å²) in [5.41, 5.74) is 0.332. The smallest absolute Gasteiger partial charge is 0.224 e. The number of hydrogen-bond donors (Lipinski definition) is 3. The van der Waals surface area contributed by atoms with Gasteiger partial charge in [0, 0.05) is 41.3 Å². The van der Waals surface area contributed by atoms with Crippen LogP contribution >= 0.6 is 44.1 Å². The maximum Gasteiger partial charge on any atom is 0.224 e. The lowest BCUT2D eigenvalue weighted by Crippen LogP contribution is -2.42. The molecule has 6 nitrogen and oxygen atoms in total. The highest BCUT2D eigenvalue weighted by atomic mass is 79.9. The van der Waals surface area contributed by atoms with Crippen molar-refractivity contribution in [2.24, 2.45) is 0 Å². The van der Waals surface area contributed by atoms with E-state index in [-0.39, 0.29) is 11.9 Å². The Morgan fingerprint density at radius 1 is 1.17 bits per heavy atom. The summed E-state index contributed by atoms with van der Waals surface area (Å²) in [4.78, 5) is 10.8. The van der Waals surface area contributed by atoms with Gasteiger partial charge in [0.1, 0.15) is 11.6 Å². The first-order valence-electron chi connectivity index (χ1n) is 9.31. The molecule has 3 rings (SSSR count). The van der Waals surface area contributed by atoms with Crippen molar-refractivity contribution in [3.8, 4) is 0 Å². The van der Waals surface area contributed by atoms with Crippen molar-refractivity contribution >= 4 is 66.6 Å². The molecular formula is C19H23Br2FN6S.